The molecule has 2 atom stereocenters. The van der Waals surface area contributed by atoms with Gasteiger partial charge in [0.25, 0.3) is 0 Å². The lowest BCUT2D eigenvalue weighted by molar-refractivity contribution is -0.134. The smallest absolute Gasteiger partial charge is 0.226 e. The molecule has 1 amide bonds. The highest BCUT2D eigenvalue weighted by Crippen LogP contribution is 2.48. The van der Waals surface area contributed by atoms with Gasteiger partial charge < -0.3 is 4.90 Å². The zero-order chi connectivity index (χ0) is 14.1. The number of rotatable bonds is 3. The minimum atomic E-state index is -0.211. The highest BCUT2D eigenvalue weighted by atomic mass is 19.1. The van der Waals surface area contributed by atoms with Crippen molar-refractivity contribution in [1.29, 1.82) is 0 Å². The van der Waals surface area contributed by atoms with E-state index in [0.29, 0.717) is 12.0 Å². The van der Waals surface area contributed by atoms with E-state index in [1.165, 1.54) is 31.4 Å². The fraction of sp³-hybridized carbons (Fsp3) is 0.588. The summed E-state index contributed by atoms with van der Waals surface area (Å²) in [6.07, 6.45) is 7.01. The molecular formula is C17H22FNO. The predicted molar refractivity (Wildman–Crippen MR) is 76.9 cm³/mol. The molecule has 2 saturated carbocycles. The maximum Gasteiger partial charge on any atom is 0.226 e. The largest absolute Gasteiger partial charge is 0.343 e. The van der Waals surface area contributed by atoms with Crippen LogP contribution in [0.3, 0.4) is 0 Å². The van der Waals surface area contributed by atoms with Gasteiger partial charge in [0.15, 0.2) is 0 Å². The molecule has 2 aliphatic carbocycles. The van der Waals surface area contributed by atoms with Gasteiger partial charge in [-0.15, -0.1) is 0 Å². The van der Waals surface area contributed by atoms with Gasteiger partial charge in [0.05, 0.1) is 0 Å². The van der Waals surface area contributed by atoms with E-state index in [1.807, 2.05) is 24.1 Å². The van der Waals surface area contributed by atoms with Crippen LogP contribution in [0.15, 0.2) is 24.3 Å². The van der Waals surface area contributed by atoms with Crippen LogP contribution in [0.4, 0.5) is 4.39 Å². The fourth-order valence-electron chi connectivity index (χ4n) is 3.46. The molecule has 2 unspecified atom stereocenters. The van der Waals surface area contributed by atoms with Gasteiger partial charge in [0.1, 0.15) is 5.82 Å². The van der Waals surface area contributed by atoms with Crippen molar-refractivity contribution in [2.24, 2.45) is 5.92 Å². The third-order valence-corrected chi connectivity index (χ3v) is 4.88. The molecule has 0 bridgehead atoms. The maximum absolute atomic E-state index is 12.9. The molecule has 3 rings (SSSR count). The van der Waals surface area contributed by atoms with Crippen molar-refractivity contribution in [2.45, 2.75) is 50.5 Å². The van der Waals surface area contributed by atoms with Gasteiger partial charge in [-0.2, -0.15) is 0 Å². The molecule has 0 radical (unpaired) electrons. The summed E-state index contributed by atoms with van der Waals surface area (Å²) < 4.78 is 12.9. The molecular weight excluding hydrogens is 253 g/mol. The molecule has 0 heterocycles. The number of halogens is 1. The summed E-state index contributed by atoms with van der Waals surface area (Å²) in [5.41, 5.74) is 1.10. The van der Waals surface area contributed by atoms with Crippen molar-refractivity contribution in [3.8, 4) is 0 Å². The Hall–Kier alpha value is -1.38. The molecule has 0 aliphatic heterocycles. The molecule has 108 valence electrons. The first-order valence-corrected chi connectivity index (χ1v) is 7.69. The minimum Gasteiger partial charge on any atom is -0.343 e. The Kier molecular flexibility index (Phi) is 3.77. The van der Waals surface area contributed by atoms with E-state index in [0.717, 1.165) is 24.8 Å². The summed E-state index contributed by atoms with van der Waals surface area (Å²) in [6, 6.07) is 7.03. The van der Waals surface area contributed by atoms with Gasteiger partial charge in [0.2, 0.25) is 5.91 Å². The van der Waals surface area contributed by atoms with E-state index in [2.05, 4.69) is 0 Å². The third-order valence-electron chi connectivity index (χ3n) is 4.88. The summed E-state index contributed by atoms with van der Waals surface area (Å²) in [6.45, 7) is 0. The van der Waals surface area contributed by atoms with Crippen LogP contribution >= 0.6 is 0 Å². The van der Waals surface area contributed by atoms with Crippen molar-refractivity contribution >= 4 is 5.91 Å². The highest BCUT2D eigenvalue weighted by molar-refractivity contribution is 5.83. The molecule has 0 aromatic heterocycles. The first-order chi connectivity index (χ1) is 9.66. The molecule has 2 aliphatic rings. The van der Waals surface area contributed by atoms with Crippen molar-refractivity contribution in [1.82, 2.24) is 4.90 Å². The van der Waals surface area contributed by atoms with Gasteiger partial charge >= 0.3 is 0 Å². The minimum absolute atomic E-state index is 0.118. The average molecular weight is 275 g/mol. The van der Waals surface area contributed by atoms with Gasteiger partial charge in [-0.05, 0) is 42.9 Å². The molecule has 2 fully saturated rings. The number of hydrogen-bond donors (Lipinski definition) is 0. The Morgan fingerprint density at radius 2 is 1.80 bits per heavy atom. The Labute approximate surface area is 120 Å². The quantitative estimate of drug-likeness (QED) is 0.823. The van der Waals surface area contributed by atoms with Crippen molar-refractivity contribution in [2.75, 3.05) is 7.05 Å². The molecule has 0 saturated heterocycles. The number of nitrogens with zero attached hydrogens (tertiary/aromatic N) is 1. The van der Waals surface area contributed by atoms with Crippen molar-refractivity contribution < 1.29 is 9.18 Å². The Morgan fingerprint density at radius 1 is 1.15 bits per heavy atom. The number of benzene rings is 1. The monoisotopic (exact) mass is 275 g/mol. The first kappa shape index (κ1) is 13.6. The lowest BCUT2D eigenvalue weighted by Crippen LogP contribution is -2.39. The summed E-state index contributed by atoms with van der Waals surface area (Å²) in [7, 11) is 1.96. The fourth-order valence-corrected chi connectivity index (χ4v) is 3.46. The van der Waals surface area contributed by atoms with Gasteiger partial charge in [-0.1, -0.05) is 31.4 Å². The van der Waals surface area contributed by atoms with E-state index >= 15 is 0 Å². The third kappa shape index (κ3) is 2.72. The summed E-state index contributed by atoms with van der Waals surface area (Å²) in [5.74, 6) is 0.490. The van der Waals surface area contributed by atoms with E-state index < -0.39 is 0 Å². The predicted octanol–water partition coefficient (Wildman–Crippen LogP) is 3.72. The van der Waals surface area contributed by atoms with Crippen LogP contribution in [0.2, 0.25) is 0 Å². The normalized spacial score (nSPS) is 26.3. The summed E-state index contributed by atoms with van der Waals surface area (Å²) in [5, 5.41) is 0. The summed E-state index contributed by atoms with van der Waals surface area (Å²) in [4.78, 5) is 14.5. The van der Waals surface area contributed by atoms with Crippen LogP contribution in [0.1, 0.15) is 50.0 Å². The van der Waals surface area contributed by atoms with E-state index in [4.69, 9.17) is 0 Å². The second kappa shape index (κ2) is 5.55. The first-order valence-electron chi connectivity index (χ1n) is 7.69. The van der Waals surface area contributed by atoms with Crippen LogP contribution in [0, 0.1) is 11.7 Å². The molecule has 20 heavy (non-hydrogen) atoms. The van der Waals surface area contributed by atoms with Gasteiger partial charge in [-0.3, -0.25) is 4.79 Å². The van der Waals surface area contributed by atoms with E-state index in [1.54, 1.807) is 0 Å². The lowest BCUT2D eigenvalue weighted by Gasteiger charge is -2.31. The standard InChI is InChI=1S/C17H22FNO/c1-19(14-5-3-2-4-6-14)17(20)16-11-15(16)12-7-9-13(18)10-8-12/h7-10,14-16H,2-6,11H2,1H3. The molecule has 1 aromatic carbocycles. The topological polar surface area (TPSA) is 20.3 Å². The number of amides is 1. The zero-order valence-electron chi connectivity index (χ0n) is 12.0. The Bertz CT molecular complexity index is 478. The van der Waals surface area contributed by atoms with Crippen LogP contribution in [0.25, 0.3) is 0 Å². The molecule has 0 N–H and O–H groups in total. The number of carbonyl (C=O) groups is 1. The van der Waals surface area contributed by atoms with Crippen LogP contribution in [0.5, 0.6) is 0 Å². The van der Waals surface area contributed by atoms with Gasteiger partial charge in [0, 0.05) is 19.0 Å². The zero-order valence-corrected chi connectivity index (χ0v) is 12.0. The molecule has 3 heteroatoms. The Balaban J connectivity index is 1.60. The summed E-state index contributed by atoms with van der Waals surface area (Å²) >= 11 is 0. The average Bonchev–Trinajstić information content (AvgIpc) is 3.28. The Morgan fingerprint density at radius 3 is 2.45 bits per heavy atom. The number of hydrogen-bond acceptors (Lipinski definition) is 1. The van der Waals surface area contributed by atoms with E-state index in [9.17, 15) is 9.18 Å². The SMILES string of the molecule is CN(C(=O)C1CC1c1ccc(F)cc1)C1CCCCC1. The second-order valence-electron chi connectivity index (χ2n) is 6.24. The van der Waals surface area contributed by atoms with E-state index in [-0.39, 0.29) is 17.6 Å². The highest BCUT2D eigenvalue weighted by Gasteiger charge is 2.46. The lowest BCUT2D eigenvalue weighted by atomic mass is 9.94. The maximum atomic E-state index is 12.9. The second-order valence-corrected chi connectivity index (χ2v) is 6.24. The van der Waals surface area contributed by atoms with Crippen LogP contribution in [-0.2, 0) is 4.79 Å². The van der Waals surface area contributed by atoms with Crippen molar-refractivity contribution in [3.05, 3.63) is 35.6 Å². The van der Waals surface area contributed by atoms with Crippen LogP contribution in [-0.4, -0.2) is 23.9 Å². The van der Waals surface area contributed by atoms with Crippen LogP contribution < -0.4 is 0 Å². The molecule has 0 spiro atoms. The van der Waals surface area contributed by atoms with Crippen molar-refractivity contribution in [3.63, 3.8) is 0 Å². The van der Waals surface area contributed by atoms with Gasteiger partial charge in [-0.25, -0.2) is 4.39 Å². The molecule has 2 nitrogen and oxygen atoms in total. The molecule has 1 aromatic rings. The number of carbonyl (C=O) groups excluding carboxylic acids is 1.